The van der Waals surface area contributed by atoms with Crippen LogP contribution in [-0.2, 0) is 4.74 Å². The van der Waals surface area contributed by atoms with Gasteiger partial charge in [0.05, 0.1) is 12.7 Å². The van der Waals surface area contributed by atoms with E-state index in [1.165, 1.54) is 38.5 Å². The van der Waals surface area contributed by atoms with Crippen molar-refractivity contribution in [2.45, 2.75) is 83.5 Å². The molecule has 1 heterocycles. The molecule has 0 amide bonds. The number of rotatable bonds is 6. The predicted octanol–water partition coefficient (Wildman–Crippen LogP) is 2.80. The van der Waals surface area contributed by atoms with Gasteiger partial charge < -0.3 is 10.1 Å². The molecular formula is C16H32N2O. The molecule has 2 aliphatic rings. The van der Waals surface area contributed by atoms with E-state index in [0.717, 1.165) is 19.7 Å². The molecule has 0 radical (unpaired) electrons. The summed E-state index contributed by atoms with van der Waals surface area (Å²) in [6, 6.07) is 1.99. The first-order valence-corrected chi connectivity index (χ1v) is 8.33. The molecular weight excluding hydrogens is 236 g/mol. The molecule has 2 fully saturated rings. The van der Waals surface area contributed by atoms with Crippen LogP contribution in [0.1, 0.15) is 59.3 Å². The van der Waals surface area contributed by atoms with E-state index in [1.54, 1.807) is 0 Å². The normalized spacial score (nSPS) is 31.7. The zero-order chi connectivity index (χ0) is 13.7. The smallest absolute Gasteiger partial charge is 0.0731 e. The molecule has 0 aromatic rings. The maximum atomic E-state index is 5.97. The quantitative estimate of drug-likeness (QED) is 0.801. The van der Waals surface area contributed by atoms with E-state index in [9.17, 15) is 0 Å². The first-order chi connectivity index (χ1) is 9.22. The fraction of sp³-hybridized carbons (Fsp3) is 1.00. The largest absolute Gasteiger partial charge is 0.375 e. The molecule has 19 heavy (non-hydrogen) atoms. The van der Waals surface area contributed by atoms with E-state index in [4.69, 9.17) is 4.74 Å². The molecule has 1 saturated carbocycles. The number of morpholine rings is 1. The van der Waals surface area contributed by atoms with Gasteiger partial charge in [-0.05, 0) is 46.1 Å². The average Bonchev–Trinajstić information content (AvgIpc) is 2.44. The molecule has 0 bridgehead atoms. The van der Waals surface area contributed by atoms with Crippen molar-refractivity contribution >= 4 is 0 Å². The zero-order valence-corrected chi connectivity index (χ0v) is 13.0. The second-order valence-corrected chi connectivity index (χ2v) is 6.44. The number of nitrogens with zero attached hydrogens (tertiary/aromatic N) is 1. The Labute approximate surface area is 119 Å². The van der Waals surface area contributed by atoms with E-state index in [2.05, 4.69) is 31.0 Å². The lowest BCUT2D eigenvalue weighted by Crippen LogP contribution is -2.56. The first kappa shape index (κ1) is 15.3. The Balaban J connectivity index is 1.84. The van der Waals surface area contributed by atoms with Crippen LogP contribution < -0.4 is 5.32 Å². The van der Waals surface area contributed by atoms with Gasteiger partial charge in [0.15, 0.2) is 0 Å². The van der Waals surface area contributed by atoms with Gasteiger partial charge in [0.2, 0.25) is 0 Å². The first-order valence-electron chi connectivity index (χ1n) is 8.33. The Morgan fingerprint density at radius 3 is 2.84 bits per heavy atom. The number of hydrogen-bond donors (Lipinski definition) is 1. The van der Waals surface area contributed by atoms with Crippen LogP contribution in [0.4, 0.5) is 0 Å². The van der Waals surface area contributed by atoms with Gasteiger partial charge in [0.1, 0.15) is 0 Å². The van der Waals surface area contributed by atoms with Crippen LogP contribution in [0.15, 0.2) is 0 Å². The van der Waals surface area contributed by atoms with Gasteiger partial charge in [0, 0.05) is 24.7 Å². The molecule has 1 aliphatic carbocycles. The van der Waals surface area contributed by atoms with Gasteiger partial charge in [-0.1, -0.05) is 19.8 Å². The molecule has 3 nitrogen and oxygen atoms in total. The highest BCUT2D eigenvalue weighted by Crippen LogP contribution is 2.30. The zero-order valence-electron chi connectivity index (χ0n) is 13.0. The minimum atomic E-state index is 0.517. The molecule has 0 aromatic heterocycles. The minimum Gasteiger partial charge on any atom is -0.375 e. The van der Waals surface area contributed by atoms with Crippen LogP contribution in [0.25, 0.3) is 0 Å². The van der Waals surface area contributed by atoms with Crippen molar-refractivity contribution in [3.8, 4) is 0 Å². The van der Waals surface area contributed by atoms with Gasteiger partial charge >= 0.3 is 0 Å². The number of ether oxygens (including phenoxy) is 1. The van der Waals surface area contributed by atoms with Crippen molar-refractivity contribution in [2.75, 3.05) is 19.7 Å². The molecule has 1 saturated heterocycles. The van der Waals surface area contributed by atoms with E-state index >= 15 is 0 Å². The van der Waals surface area contributed by atoms with Crippen molar-refractivity contribution in [1.82, 2.24) is 10.2 Å². The lowest BCUT2D eigenvalue weighted by atomic mass is 9.88. The lowest BCUT2D eigenvalue weighted by molar-refractivity contribution is -0.102. The molecule has 2 rings (SSSR count). The molecule has 4 atom stereocenters. The SMILES string of the molecule is CCCNC(C)CC(C)N1CCOC2CCCCC21. The topological polar surface area (TPSA) is 24.5 Å². The number of hydrogen-bond acceptors (Lipinski definition) is 3. The Morgan fingerprint density at radius 1 is 1.26 bits per heavy atom. The van der Waals surface area contributed by atoms with Crippen LogP contribution in [0.5, 0.6) is 0 Å². The Morgan fingerprint density at radius 2 is 2.05 bits per heavy atom. The van der Waals surface area contributed by atoms with Crippen molar-refractivity contribution in [3.05, 3.63) is 0 Å². The van der Waals surface area contributed by atoms with E-state index in [0.29, 0.717) is 24.2 Å². The fourth-order valence-corrected chi connectivity index (χ4v) is 3.79. The highest BCUT2D eigenvalue weighted by Gasteiger charge is 2.36. The van der Waals surface area contributed by atoms with Gasteiger partial charge in [-0.25, -0.2) is 0 Å². The van der Waals surface area contributed by atoms with E-state index in [1.807, 2.05) is 0 Å². The number of nitrogens with one attached hydrogen (secondary N) is 1. The maximum Gasteiger partial charge on any atom is 0.0731 e. The Bertz CT molecular complexity index is 257. The molecule has 4 unspecified atom stereocenters. The molecule has 1 N–H and O–H groups in total. The highest BCUT2D eigenvalue weighted by molar-refractivity contribution is 4.90. The summed E-state index contributed by atoms with van der Waals surface area (Å²) in [5.74, 6) is 0. The van der Waals surface area contributed by atoms with Crippen LogP contribution in [0.3, 0.4) is 0 Å². The van der Waals surface area contributed by atoms with Crippen LogP contribution in [-0.4, -0.2) is 48.8 Å². The van der Waals surface area contributed by atoms with Gasteiger partial charge in [-0.3, -0.25) is 4.90 Å². The molecule has 112 valence electrons. The summed E-state index contributed by atoms with van der Waals surface area (Å²) in [4.78, 5) is 2.73. The highest BCUT2D eigenvalue weighted by atomic mass is 16.5. The van der Waals surface area contributed by atoms with Crippen molar-refractivity contribution < 1.29 is 4.74 Å². The number of fused-ring (bicyclic) bond motifs is 1. The summed E-state index contributed by atoms with van der Waals surface area (Å²) in [7, 11) is 0. The second-order valence-electron chi connectivity index (χ2n) is 6.44. The third-order valence-electron chi connectivity index (χ3n) is 4.78. The van der Waals surface area contributed by atoms with E-state index < -0.39 is 0 Å². The molecule has 0 aromatic carbocycles. The third kappa shape index (κ3) is 4.17. The van der Waals surface area contributed by atoms with E-state index in [-0.39, 0.29) is 0 Å². The Kier molecular flexibility index (Phi) is 6.11. The summed E-state index contributed by atoms with van der Waals surface area (Å²) in [6.07, 6.45) is 8.35. The van der Waals surface area contributed by atoms with Crippen LogP contribution >= 0.6 is 0 Å². The fourth-order valence-electron chi connectivity index (χ4n) is 3.79. The standard InChI is InChI=1S/C16H32N2O/c1-4-9-17-13(2)12-14(3)18-10-11-19-16-8-6-5-7-15(16)18/h13-17H,4-12H2,1-3H3. The molecule has 3 heteroatoms. The average molecular weight is 268 g/mol. The van der Waals surface area contributed by atoms with Crippen LogP contribution in [0, 0.1) is 0 Å². The third-order valence-corrected chi connectivity index (χ3v) is 4.78. The summed E-state index contributed by atoms with van der Waals surface area (Å²) in [5.41, 5.74) is 0. The second kappa shape index (κ2) is 7.61. The van der Waals surface area contributed by atoms with Gasteiger partial charge in [-0.15, -0.1) is 0 Å². The summed E-state index contributed by atoms with van der Waals surface area (Å²) in [5, 5.41) is 3.62. The van der Waals surface area contributed by atoms with Crippen molar-refractivity contribution in [1.29, 1.82) is 0 Å². The molecule has 1 aliphatic heterocycles. The summed E-state index contributed by atoms with van der Waals surface area (Å²) >= 11 is 0. The maximum absolute atomic E-state index is 5.97. The van der Waals surface area contributed by atoms with Crippen LogP contribution in [0.2, 0.25) is 0 Å². The monoisotopic (exact) mass is 268 g/mol. The van der Waals surface area contributed by atoms with Crippen molar-refractivity contribution in [3.63, 3.8) is 0 Å². The predicted molar refractivity (Wildman–Crippen MR) is 80.5 cm³/mol. The minimum absolute atomic E-state index is 0.517. The summed E-state index contributed by atoms with van der Waals surface area (Å²) < 4.78 is 5.97. The summed E-state index contributed by atoms with van der Waals surface area (Å²) in [6.45, 7) is 10.2. The van der Waals surface area contributed by atoms with Gasteiger partial charge in [-0.2, -0.15) is 0 Å². The Hall–Kier alpha value is -0.120. The van der Waals surface area contributed by atoms with Crippen molar-refractivity contribution in [2.24, 2.45) is 0 Å². The van der Waals surface area contributed by atoms with Gasteiger partial charge in [0.25, 0.3) is 0 Å². The lowest BCUT2D eigenvalue weighted by Gasteiger charge is -2.47. The molecule has 0 spiro atoms.